The molecule has 0 aromatic carbocycles. The van der Waals surface area contributed by atoms with Gasteiger partial charge in [-0.3, -0.25) is 4.79 Å². The molecule has 0 spiro atoms. The molecule has 0 rings (SSSR count). The van der Waals surface area contributed by atoms with Gasteiger partial charge in [-0.05, 0) is 6.42 Å². The molecular weight excluding hydrogens is 237 g/mol. The zero-order valence-corrected chi connectivity index (χ0v) is 14.6. The molecule has 1 N–H and O–H groups in total. The minimum Gasteiger partial charge on any atom is -1.00 e. The summed E-state index contributed by atoms with van der Waals surface area (Å²) in [5.41, 5.74) is 2.66. The molecule has 0 atom stereocenters. The molecule has 0 aromatic heterocycles. The monoisotopic (exact) mass is 267 g/mol. The van der Waals surface area contributed by atoms with Gasteiger partial charge in [0.05, 0.1) is 0 Å². The third kappa shape index (κ3) is 18.8. The van der Waals surface area contributed by atoms with Gasteiger partial charge < -0.3 is 6.26 Å². The quantitative estimate of drug-likeness (QED) is 0.327. The van der Waals surface area contributed by atoms with Crippen LogP contribution in [0.2, 0.25) is 0 Å². The molecule has 0 saturated heterocycles. The SMILES string of the molecule is CCCCCCCCCCCCNOC(C)=O.[H-].[Na+]. The molecule has 0 unspecified atom stereocenters. The predicted molar refractivity (Wildman–Crippen MR) is 72.7 cm³/mol. The van der Waals surface area contributed by atoms with Gasteiger partial charge in [0.1, 0.15) is 0 Å². The topological polar surface area (TPSA) is 38.3 Å². The van der Waals surface area contributed by atoms with E-state index >= 15 is 0 Å². The number of carbonyl (C=O) groups is 1. The number of carbonyl (C=O) groups excluding carboxylic acids is 1. The maximum absolute atomic E-state index is 10.4. The Balaban J connectivity index is -0.00000128. The molecule has 0 aliphatic rings. The summed E-state index contributed by atoms with van der Waals surface area (Å²) < 4.78 is 0. The summed E-state index contributed by atoms with van der Waals surface area (Å²) in [4.78, 5) is 15.1. The molecule has 0 aliphatic heterocycles. The van der Waals surface area contributed by atoms with Gasteiger partial charge in [-0.1, -0.05) is 64.7 Å². The van der Waals surface area contributed by atoms with Crippen LogP contribution in [0.15, 0.2) is 0 Å². The molecule has 0 amide bonds. The van der Waals surface area contributed by atoms with Gasteiger partial charge in [0.15, 0.2) is 0 Å². The summed E-state index contributed by atoms with van der Waals surface area (Å²) in [7, 11) is 0. The van der Waals surface area contributed by atoms with Crippen molar-refractivity contribution < 1.29 is 40.6 Å². The minimum atomic E-state index is -0.267. The summed E-state index contributed by atoms with van der Waals surface area (Å²) in [5, 5.41) is 0. The average molecular weight is 267 g/mol. The molecule has 0 bridgehead atoms. The van der Waals surface area contributed by atoms with E-state index in [0.29, 0.717) is 0 Å². The van der Waals surface area contributed by atoms with Crippen molar-refractivity contribution in [3.8, 4) is 0 Å². The molecule has 3 nitrogen and oxygen atoms in total. The van der Waals surface area contributed by atoms with Gasteiger partial charge >= 0.3 is 35.5 Å². The van der Waals surface area contributed by atoms with Crippen LogP contribution >= 0.6 is 0 Å². The Bertz CT molecular complexity index is 183. The molecule has 18 heavy (non-hydrogen) atoms. The third-order valence-electron chi connectivity index (χ3n) is 2.85. The van der Waals surface area contributed by atoms with Gasteiger partial charge in [0.25, 0.3) is 0 Å². The number of hydrogen-bond acceptors (Lipinski definition) is 3. The van der Waals surface area contributed by atoms with Crippen molar-refractivity contribution in [2.75, 3.05) is 6.54 Å². The third-order valence-corrected chi connectivity index (χ3v) is 2.85. The van der Waals surface area contributed by atoms with E-state index in [9.17, 15) is 4.79 Å². The Labute approximate surface area is 136 Å². The summed E-state index contributed by atoms with van der Waals surface area (Å²) in [6.07, 6.45) is 13.3. The zero-order valence-electron chi connectivity index (χ0n) is 13.6. The van der Waals surface area contributed by atoms with Crippen LogP contribution < -0.4 is 35.0 Å². The second-order valence-electron chi connectivity index (χ2n) is 4.67. The molecule has 0 radical (unpaired) electrons. The van der Waals surface area contributed by atoms with E-state index in [4.69, 9.17) is 0 Å². The molecular formula is C14H30NNaO2. The predicted octanol–water partition coefficient (Wildman–Crippen LogP) is 1.09. The van der Waals surface area contributed by atoms with Crippen molar-refractivity contribution >= 4 is 5.97 Å². The largest absolute Gasteiger partial charge is 1.00 e. The molecule has 4 heteroatoms. The van der Waals surface area contributed by atoms with Crippen LogP contribution in [-0.4, -0.2) is 12.5 Å². The Hall–Kier alpha value is 0.430. The van der Waals surface area contributed by atoms with Crippen molar-refractivity contribution in [3.63, 3.8) is 0 Å². The second-order valence-corrected chi connectivity index (χ2v) is 4.67. The van der Waals surface area contributed by atoms with E-state index in [1.807, 2.05) is 0 Å². The zero-order chi connectivity index (χ0) is 12.8. The van der Waals surface area contributed by atoms with E-state index < -0.39 is 0 Å². The molecule has 0 fully saturated rings. The fourth-order valence-corrected chi connectivity index (χ4v) is 1.84. The van der Waals surface area contributed by atoms with E-state index in [-0.39, 0.29) is 37.0 Å². The van der Waals surface area contributed by atoms with E-state index in [0.717, 1.165) is 13.0 Å². The second kappa shape index (κ2) is 17.4. The summed E-state index contributed by atoms with van der Waals surface area (Å²) in [5.74, 6) is -0.267. The maximum atomic E-state index is 10.4. The van der Waals surface area contributed by atoms with Crippen molar-refractivity contribution in [3.05, 3.63) is 0 Å². The van der Waals surface area contributed by atoms with Gasteiger partial charge in [0, 0.05) is 13.5 Å². The first kappa shape index (κ1) is 20.7. The van der Waals surface area contributed by atoms with Gasteiger partial charge in [-0.25, -0.2) is 0 Å². The van der Waals surface area contributed by atoms with Crippen LogP contribution in [0.3, 0.4) is 0 Å². The van der Waals surface area contributed by atoms with E-state index in [1.165, 1.54) is 64.7 Å². The fourth-order valence-electron chi connectivity index (χ4n) is 1.84. The fraction of sp³-hybridized carbons (Fsp3) is 0.929. The number of hydroxylamine groups is 1. The Morgan fingerprint density at radius 3 is 1.83 bits per heavy atom. The Kier molecular flexibility index (Phi) is 20.1. The van der Waals surface area contributed by atoms with Gasteiger partial charge in [0.2, 0.25) is 0 Å². The maximum Gasteiger partial charge on any atom is 1.00 e. The molecule has 0 heterocycles. The molecule has 0 aliphatic carbocycles. The molecule has 0 aromatic rings. The Morgan fingerprint density at radius 1 is 0.944 bits per heavy atom. The summed E-state index contributed by atoms with van der Waals surface area (Å²) in [6, 6.07) is 0. The summed E-state index contributed by atoms with van der Waals surface area (Å²) in [6.45, 7) is 4.44. The van der Waals surface area contributed by atoms with Crippen LogP contribution in [0.5, 0.6) is 0 Å². The molecule has 104 valence electrons. The van der Waals surface area contributed by atoms with Crippen LogP contribution in [0.25, 0.3) is 0 Å². The number of unbranched alkanes of at least 4 members (excludes halogenated alkanes) is 9. The standard InChI is InChI=1S/C14H29NO2.Na.H/c1-3-4-5-6-7-8-9-10-11-12-13-15-17-14(2)16;;/h15H,3-13H2,1-2H3;;/q;+1;-1. The van der Waals surface area contributed by atoms with Crippen LogP contribution in [-0.2, 0) is 9.63 Å². The van der Waals surface area contributed by atoms with Crippen molar-refractivity contribution in [2.24, 2.45) is 0 Å². The van der Waals surface area contributed by atoms with Crippen molar-refractivity contribution in [1.82, 2.24) is 5.48 Å². The van der Waals surface area contributed by atoms with Crippen molar-refractivity contribution in [2.45, 2.75) is 78.1 Å². The Morgan fingerprint density at radius 2 is 1.39 bits per heavy atom. The number of hydrogen-bond donors (Lipinski definition) is 1. The first-order chi connectivity index (χ1) is 8.27. The minimum absolute atomic E-state index is 0. The number of rotatable bonds is 12. The molecule has 0 saturated carbocycles. The van der Waals surface area contributed by atoms with Crippen LogP contribution in [0, 0.1) is 0 Å². The first-order valence-electron chi connectivity index (χ1n) is 7.17. The summed E-state index contributed by atoms with van der Waals surface area (Å²) >= 11 is 0. The van der Waals surface area contributed by atoms with Crippen molar-refractivity contribution in [1.29, 1.82) is 0 Å². The average Bonchev–Trinajstić information content (AvgIpc) is 2.30. The van der Waals surface area contributed by atoms with Gasteiger partial charge in [-0.2, -0.15) is 5.48 Å². The van der Waals surface area contributed by atoms with Crippen LogP contribution in [0.1, 0.15) is 79.5 Å². The first-order valence-corrected chi connectivity index (χ1v) is 7.17. The van der Waals surface area contributed by atoms with E-state index in [1.54, 1.807) is 0 Å². The van der Waals surface area contributed by atoms with Gasteiger partial charge in [-0.15, -0.1) is 0 Å². The normalized spacial score (nSPS) is 9.89. The number of nitrogens with one attached hydrogen (secondary N) is 1. The smallest absolute Gasteiger partial charge is 1.00 e. The van der Waals surface area contributed by atoms with E-state index in [2.05, 4.69) is 17.2 Å². The van der Waals surface area contributed by atoms with Crippen LogP contribution in [0.4, 0.5) is 0 Å².